The first-order valence-corrected chi connectivity index (χ1v) is 7.89. The molecule has 6 heteroatoms. The van der Waals surface area contributed by atoms with Gasteiger partial charge in [0, 0.05) is 16.8 Å². The predicted octanol–water partition coefficient (Wildman–Crippen LogP) is 2.83. The fourth-order valence-corrected chi connectivity index (χ4v) is 2.82. The number of aliphatic hydroxyl groups excluding tert-OH is 1. The first-order valence-electron chi connectivity index (χ1n) is 7.89. The van der Waals surface area contributed by atoms with Crippen molar-refractivity contribution >= 4 is 11.8 Å². The normalized spacial score (nSPS) is 25.0. The number of rotatable bonds is 2. The molecule has 128 valence electrons. The monoisotopic (exact) mass is 322 g/mol. The second kappa shape index (κ2) is 6.37. The van der Waals surface area contributed by atoms with E-state index in [1.807, 2.05) is 0 Å². The summed E-state index contributed by atoms with van der Waals surface area (Å²) in [7, 11) is 0. The Morgan fingerprint density at radius 1 is 1.35 bits per heavy atom. The van der Waals surface area contributed by atoms with E-state index in [1.165, 1.54) is 6.07 Å². The molecule has 1 aliphatic carbocycles. The van der Waals surface area contributed by atoms with Gasteiger partial charge in [-0.1, -0.05) is 0 Å². The van der Waals surface area contributed by atoms with Crippen LogP contribution in [0.4, 0.5) is 10.5 Å². The molecule has 0 bridgehead atoms. The summed E-state index contributed by atoms with van der Waals surface area (Å²) in [4.78, 5) is 11.9. The molecule has 0 unspecified atom stereocenters. The summed E-state index contributed by atoms with van der Waals surface area (Å²) >= 11 is 0. The molecule has 6 nitrogen and oxygen atoms in total. The summed E-state index contributed by atoms with van der Waals surface area (Å²) in [6.45, 7) is 5.37. The van der Waals surface area contributed by atoms with Crippen molar-refractivity contribution in [3.63, 3.8) is 0 Å². The second-order valence-corrected chi connectivity index (χ2v) is 7.25. The molecule has 1 aliphatic rings. The minimum Gasteiger partial charge on any atom is -0.508 e. The molecule has 0 heterocycles. The summed E-state index contributed by atoms with van der Waals surface area (Å²) in [5, 5.41) is 22.5. The molecule has 2 rings (SSSR count). The molecule has 1 saturated carbocycles. The van der Waals surface area contributed by atoms with Crippen LogP contribution in [0, 0.1) is 0 Å². The molecule has 0 atom stereocenters. The number of ether oxygens (including phenoxy) is 1. The van der Waals surface area contributed by atoms with Gasteiger partial charge in [-0.15, -0.1) is 0 Å². The summed E-state index contributed by atoms with van der Waals surface area (Å²) in [6.07, 6.45) is 1.46. The van der Waals surface area contributed by atoms with Gasteiger partial charge < -0.3 is 20.7 Å². The predicted molar refractivity (Wildman–Crippen MR) is 88.3 cm³/mol. The van der Waals surface area contributed by atoms with Crippen LogP contribution in [0.3, 0.4) is 0 Å². The van der Waals surface area contributed by atoms with Gasteiger partial charge >= 0.3 is 6.09 Å². The van der Waals surface area contributed by atoms with Crippen molar-refractivity contribution in [2.24, 2.45) is 5.73 Å². The molecule has 1 amide bonds. The number of carbonyl (C=O) groups is 1. The van der Waals surface area contributed by atoms with Gasteiger partial charge in [0.05, 0.1) is 6.10 Å². The maximum Gasteiger partial charge on any atom is 0.412 e. The highest BCUT2D eigenvalue weighted by Gasteiger charge is 2.35. The Morgan fingerprint density at radius 3 is 2.52 bits per heavy atom. The summed E-state index contributed by atoms with van der Waals surface area (Å²) in [5.41, 5.74) is 6.24. The summed E-state index contributed by atoms with van der Waals surface area (Å²) in [5.74, 6) is 0.0960. The number of hydrogen-bond acceptors (Lipinski definition) is 5. The summed E-state index contributed by atoms with van der Waals surface area (Å²) < 4.78 is 5.22. The molecule has 0 radical (unpaired) electrons. The number of benzene rings is 1. The Hall–Kier alpha value is -1.79. The number of aromatic hydroxyl groups is 1. The van der Waals surface area contributed by atoms with Crippen LogP contribution in [-0.2, 0) is 10.3 Å². The van der Waals surface area contributed by atoms with Crippen molar-refractivity contribution < 1.29 is 19.7 Å². The lowest BCUT2D eigenvalue weighted by molar-refractivity contribution is 0.0636. The highest BCUT2D eigenvalue weighted by molar-refractivity contribution is 5.85. The van der Waals surface area contributed by atoms with Gasteiger partial charge in [-0.05, 0) is 64.7 Å². The quantitative estimate of drug-likeness (QED) is 0.627. The van der Waals surface area contributed by atoms with Crippen LogP contribution in [0.1, 0.15) is 52.0 Å². The van der Waals surface area contributed by atoms with Crippen molar-refractivity contribution in [3.8, 4) is 5.75 Å². The number of hydrogen-bond donors (Lipinski definition) is 4. The Morgan fingerprint density at radius 2 is 1.96 bits per heavy atom. The first-order chi connectivity index (χ1) is 10.6. The molecule has 0 aliphatic heterocycles. The van der Waals surface area contributed by atoms with E-state index in [0.29, 0.717) is 36.9 Å². The minimum absolute atomic E-state index is 0.0960. The number of carbonyl (C=O) groups excluding carboxylic acids is 1. The van der Waals surface area contributed by atoms with Gasteiger partial charge in [0.15, 0.2) is 0 Å². The average molecular weight is 322 g/mol. The van der Waals surface area contributed by atoms with Gasteiger partial charge in [-0.3, -0.25) is 5.32 Å². The van der Waals surface area contributed by atoms with Crippen LogP contribution in [-0.4, -0.2) is 28.0 Å². The Kier molecular flexibility index (Phi) is 4.87. The molecule has 0 spiro atoms. The third kappa shape index (κ3) is 4.59. The van der Waals surface area contributed by atoms with E-state index in [-0.39, 0.29) is 11.9 Å². The van der Waals surface area contributed by atoms with Crippen LogP contribution in [0.5, 0.6) is 5.75 Å². The number of nitrogens with one attached hydrogen (secondary N) is 1. The second-order valence-electron chi connectivity index (χ2n) is 7.25. The van der Waals surface area contributed by atoms with E-state index in [4.69, 9.17) is 10.5 Å². The van der Waals surface area contributed by atoms with Gasteiger partial charge in [0.25, 0.3) is 0 Å². The van der Waals surface area contributed by atoms with Gasteiger partial charge in [0.1, 0.15) is 11.4 Å². The number of nitrogens with two attached hydrogens (primary N) is 1. The molecule has 5 N–H and O–H groups in total. The smallest absolute Gasteiger partial charge is 0.412 e. The minimum atomic E-state index is -0.699. The lowest BCUT2D eigenvalue weighted by atomic mass is 9.76. The molecule has 0 saturated heterocycles. The van der Waals surface area contributed by atoms with Crippen LogP contribution < -0.4 is 11.1 Å². The van der Waals surface area contributed by atoms with E-state index in [9.17, 15) is 15.0 Å². The van der Waals surface area contributed by atoms with E-state index in [2.05, 4.69) is 5.32 Å². The van der Waals surface area contributed by atoms with E-state index < -0.39 is 17.2 Å². The lowest BCUT2D eigenvalue weighted by Gasteiger charge is -2.36. The van der Waals surface area contributed by atoms with Crippen molar-refractivity contribution in [1.29, 1.82) is 0 Å². The van der Waals surface area contributed by atoms with Crippen LogP contribution in [0.25, 0.3) is 0 Å². The fourth-order valence-electron chi connectivity index (χ4n) is 2.82. The third-order valence-corrected chi connectivity index (χ3v) is 4.03. The summed E-state index contributed by atoms with van der Waals surface area (Å²) in [6, 6.07) is 4.79. The molecule has 1 aromatic carbocycles. The number of phenols is 1. The van der Waals surface area contributed by atoms with Crippen LogP contribution >= 0.6 is 0 Å². The molecule has 0 aromatic heterocycles. The topological polar surface area (TPSA) is 105 Å². The molecular formula is C17H26N2O4. The van der Waals surface area contributed by atoms with Crippen molar-refractivity contribution in [2.45, 2.75) is 63.7 Å². The molecular weight excluding hydrogens is 296 g/mol. The SMILES string of the molecule is CC(C)(C)OC(=O)Nc1ccc(O)c(C2(N)CCC(O)CC2)c1. The zero-order valence-corrected chi connectivity index (χ0v) is 13.9. The van der Waals surface area contributed by atoms with Crippen LogP contribution in [0.15, 0.2) is 18.2 Å². The zero-order valence-electron chi connectivity index (χ0n) is 13.9. The Bertz CT molecular complexity index is 572. The maximum atomic E-state index is 11.9. The van der Waals surface area contributed by atoms with Gasteiger partial charge in [0.2, 0.25) is 0 Å². The van der Waals surface area contributed by atoms with Crippen molar-refractivity contribution in [2.75, 3.05) is 5.32 Å². The highest BCUT2D eigenvalue weighted by atomic mass is 16.6. The molecule has 23 heavy (non-hydrogen) atoms. The standard InChI is InChI=1S/C17H26N2O4/c1-16(2,3)23-15(22)19-11-4-5-14(21)13(10-11)17(18)8-6-12(20)7-9-17/h4-5,10,12,20-21H,6-9,18H2,1-3H3,(H,19,22). The molecule has 1 aromatic rings. The number of aliphatic hydroxyl groups is 1. The fraction of sp³-hybridized carbons (Fsp3) is 0.588. The Balaban J connectivity index is 2.17. The lowest BCUT2D eigenvalue weighted by Crippen LogP contribution is -2.41. The van der Waals surface area contributed by atoms with Gasteiger partial charge in [-0.25, -0.2) is 4.79 Å². The maximum absolute atomic E-state index is 11.9. The van der Waals surface area contributed by atoms with Crippen molar-refractivity contribution in [3.05, 3.63) is 23.8 Å². The van der Waals surface area contributed by atoms with Crippen molar-refractivity contribution in [1.82, 2.24) is 0 Å². The number of amides is 1. The highest BCUT2D eigenvalue weighted by Crippen LogP contribution is 2.40. The zero-order chi connectivity index (χ0) is 17.3. The first kappa shape index (κ1) is 17.6. The average Bonchev–Trinajstić information content (AvgIpc) is 2.42. The number of anilines is 1. The largest absolute Gasteiger partial charge is 0.508 e. The van der Waals surface area contributed by atoms with Gasteiger partial charge in [-0.2, -0.15) is 0 Å². The Labute approximate surface area is 136 Å². The van der Waals surface area contributed by atoms with E-state index >= 15 is 0 Å². The van der Waals surface area contributed by atoms with E-state index in [0.717, 1.165) is 0 Å². The number of phenolic OH excluding ortho intramolecular Hbond substituents is 1. The van der Waals surface area contributed by atoms with Crippen LogP contribution in [0.2, 0.25) is 0 Å². The third-order valence-electron chi connectivity index (χ3n) is 4.03. The van der Waals surface area contributed by atoms with E-state index in [1.54, 1.807) is 32.9 Å². The molecule has 1 fully saturated rings.